The molecule has 3 heteroatoms. The Labute approximate surface area is 108 Å². The van der Waals surface area contributed by atoms with Crippen molar-refractivity contribution in [2.24, 2.45) is 0 Å². The molecule has 1 aromatic carbocycles. The molecule has 1 aromatic rings. The maximum Gasteiger partial charge on any atom is 0.0320 e. The molecule has 1 N–H and O–H groups in total. The molecule has 0 amide bonds. The summed E-state index contributed by atoms with van der Waals surface area (Å²) in [6, 6.07) is 6.77. The maximum absolute atomic E-state index is 3.73. The van der Waals surface area contributed by atoms with E-state index in [0.29, 0.717) is 6.04 Å². The highest BCUT2D eigenvalue weighted by molar-refractivity contribution is 9.13. The van der Waals surface area contributed by atoms with Crippen molar-refractivity contribution in [3.05, 3.63) is 45.4 Å². The number of nitrogens with one attached hydrogen (secondary N) is 1. The first kappa shape index (κ1) is 12.9. The first-order chi connectivity index (χ1) is 7.13. The van der Waals surface area contributed by atoms with E-state index in [0.717, 1.165) is 21.9 Å². The predicted octanol–water partition coefficient (Wildman–Crippen LogP) is 4.27. The smallest absolute Gasteiger partial charge is 0.0320 e. The minimum Gasteiger partial charge on any atom is -0.310 e. The lowest BCUT2D eigenvalue weighted by Crippen LogP contribution is -2.24. The quantitative estimate of drug-likeness (QED) is 0.794. The average molecular weight is 333 g/mol. The minimum atomic E-state index is 0.477. The topological polar surface area (TPSA) is 12.0 Å². The van der Waals surface area contributed by atoms with Gasteiger partial charge >= 0.3 is 0 Å². The van der Waals surface area contributed by atoms with Crippen molar-refractivity contribution in [3.63, 3.8) is 0 Å². The fourth-order valence-corrected chi connectivity index (χ4v) is 1.95. The zero-order valence-corrected chi connectivity index (χ0v) is 11.9. The van der Waals surface area contributed by atoms with Crippen LogP contribution in [0.2, 0.25) is 0 Å². The second-order valence-corrected chi connectivity index (χ2v) is 5.26. The molecule has 0 aliphatic carbocycles. The zero-order valence-electron chi connectivity index (χ0n) is 8.76. The van der Waals surface area contributed by atoms with Gasteiger partial charge in [0.2, 0.25) is 0 Å². The van der Waals surface area contributed by atoms with Gasteiger partial charge in [0.05, 0.1) is 0 Å². The van der Waals surface area contributed by atoms with Crippen LogP contribution in [0.5, 0.6) is 0 Å². The largest absolute Gasteiger partial charge is 0.310 e. The van der Waals surface area contributed by atoms with Crippen LogP contribution in [0.15, 0.2) is 39.8 Å². The van der Waals surface area contributed by atoms with Crippen LogP contribution < -0.4 is 5.32 Å². The molecule has 0 saturated heterocycles. The third-order valence-corrected chi connectivity index (χ3v) is 4.04. The average Bonchev–Trinajstić information content (AvgIpc) is 2.20. The normalized spacial score (nSPS) is 12.5. The molecule has 0 aromatic heterocycles. The zero-order chi connectivity index (χ0) is 11.3. The Morgan fingerprint density at radius 3 is 2.73 bits per heavy atom. The van der Waals surface area contributed by atoms with E-state index in [-0.39, 0.29) is 0 Å². The van der Waals surface area contributed by atoms with Crippen LogP contribution in [0.25, 0.3) is 0 Å². The van der Waals surface area contributed by atoms with Crippen molar-refractivity contribution >= 4 is 31.9 Å². The molecule has 0 heterocycles. The molecular weight excluding hydrogens is 318 g/mol. The van der Waals surface area contributed by atoms with Gasteiger partial charge in [-0.05, 0) is 62.9 Å². The summed E-state index contributed by atoms with van der Waals surface area (Å²) in [5.41, 5.74) is 1.28. The number of halogens is 2. The Kier molecular flexibility index (Phi) is 5.58. The van der Waals surface area contributed by atoms with Crippen LogP contribution in [0.4, 0.5) is 0 Å². The Balaban J connectivity index is 2.50. The molecule has 1 nitrogen and oxygen atoms in total. The van der Waals surface area contributed by atoms with Gasteiger partial charge in [-0.2, -0.15) is 0 Å². The molecule has 15 heavy (non-hydrogen) atoms. The molecule has 1 atom stereocenters. The lowest BCUT2D eigenvalue weighted by atomic mass is 10.2. The number of benzene rings is 1. The van der Waals surface area contributed by atoms with E-state index in [2.05, 4.69) is 68.9 Å². The van der Waals surface area contributed by atoms with Crippen molar-refractivity contribution in [1.82, 2.24) is 5.32 Å². The minimum absolute atomic E-state index is 0.477. The summed E-state index contributed by atoms with van der Waals surface area (Å²) in [5.74, 6) is 0. The van der Waals surface area contributed by atoms with E-state index >= 15 is 0 Å². The lowest BCUT2D eigenvalue weighted by molar-refractivity contribution is 0.554. The highest BCUT2D eigenvalue weighted by Gasteiger charge is 2.01. The van der Waals surface area contributed by atoms with Crippen molar-refractivity contribution in [2.45, 2.75) is 25.9 Å². The van der Waals surface area contributed by atoms with Crippen molar-refractivity contribution in [2.75, 3.05) is 0 Å². The Morgan fingerprint density at radius 1 is 1.40 bits per heavy atom. The SMILES string of the molecule is C=CCC(C)NCc1ccc(Br)c(Br)c1. The second kappa shape index (κ2) is 6.46. The molecule has 0 aliphatic rings. The van der Waals surface area contributed by atoms with E-state index in [1.807, 2.05) is 6.08 Å². The van der Waals surface area contributed by atoms with Gasteiger partial charge in [-0.15, -0.1) is 6.58 Å². The van der Waals surface area contributed by atoms with Gasteiger partial charge in [0.1, 0.15) is 0 Å². The number of hydrogen-bond donors (Lipinski definition) is 1. The van der Waals surface area contributed by atoms with Crippen LogP contribution >= 0.6 is 31.9 Å². The van der Waals surface area contributed by atoms with E-state index in [9.17, 15) is 0 Å². The van der Waals surface area contributed by atoms with Crippen LogP contribution in [0, 0.1) is 0 Å². The maximum atomic E-state index is 3.73. The first-order valence-electron chi connectivity index (χ1n) is 4.91. The molecular formula is C12H15Br2N. The molecule has 0 saturated carbocycles. The number of rotatable bonds is 5. The monoisotopic (exact) mass is 331 g/mol. The molecule has 1 unspecified atom stereocenters. The third kappa shape index (κ3) is 4.49. The van der Waals surface area contributed by atoms with Gasteiger partial charge in [-0.1, -0.05) is 12.1 Å². The molecule has 0 aliphatic heterocycles. The Bertz CT molecular complexity index is 336. The van der Waals surface area contributed by atoms with Gasteiger partial charge in [0.25, 0.3) is 0 Å². The lowest BCUT2D eigenvalue weighted by Gasteiger charge is -2.11. The van der Waals surface area contributed by atoms with Gasteiger partial charge in [0, 0.05) is 21.5 Å². The van der Waals surface area contributed by atoms with E-state index in [1.54, 1.807) is 0 Å². The summed E-state index contributed by atoms with van der Waals surface area (Å²) < 4.78 is 2.18. The van der Waals surface area contributed by atoms with E-state index in [1.165, 1.54) is 5.56 Å². The summed E-state index contributed by atoms with van der Waals surface area (Å²) >= 11 is 6.95. The van der Waals surface area contributed by atoms with Crippen LogP contribution in [-0.2, 0) is 6.54 Å². The highest BCUT2D eigenvalue weighted by Crippen LogP contribution is 2.23. The van der Waals surface area contributed by atoms with Crippen LogP contribution in [-0.4, -0.2) is 6.04 Å². The van der Waals surface area contributed by atoms with Crippen molar-refractivity contribution in [1.29, 1.82) is 0 Å². The third-order valence-electron chi connectivity index (χ3n) is 2.16. The molecule has 0 fully saturated rings. The Morgan fingerprint density at radius 2 is 2.13 bits per heavy atom. The van der Waals surface area contributed by atoms with Gasteiger partial charge in [-0.25, -0.2) is 0 Å². The molecule has 0 bridgehead atoms. The summed E-state index contributed by atoms with van der Waals surface area (Å²) in [7, 11) is 0. The summed E-state index contributed by atoms with van der Waals surface area (Å²) in [4.78, 5) is 0. The molecule has 82 valence electrons. The second-order valence-electron chi connectivity index (χ2n) is 3.55. The molecule has 0 spiro atoms. The first-order valence-corrected chi connectivity index (χ1v) is 6.50. The number of hydrogen-bond acceptors (Lipinski definition) is 1. The highest BCUT2D eigenvalue weighted by atomic mass is 79.9. The molecule has 0 radical (unpaired) electrons. The predicted molar refractivity (Wildman–Crippen MR) is 73.0 cm³/mol. The van der Waals surface area contributed by atoms with Crippen LogP contribution in [0.3, 0.4) is 0 Å². The fraction of sp³-hybridized carbons (Fsp3) is 0.333. The summed E-state index contributed by atoms with van der Waals surface area (Å²) in [6.07, 6.45) is 2.94. The summed E-state index contributed by atoms with van der Waals surface area (Å²) in [5, 5.41) is 3.44. The molecule has 1 rings (SSSR count). The van der Waals surface area contributed by atoms with Gasteiger partial charge in [0.15, 0.2) is 0 Å². The van der Waals surface area contributed by atoms with Gasteiger partial charge < -0.3 is 5.32 Å². The van der Waals surface area contributed by atoms with Crippen molar-refractivity contribution in [3.8, 4) is 0 Å². The van der Waals surface area contributed by atoms with Crippen LogP contribution in [0.1, 0.15) is 18.9 Å². The van der Waals surface area contributed by atoms with Gasteiger partial charge in [-0.3, -0.25) is 0 Å². The Hall–Kier alpha value is -0.120. The van der Waals surface area contributed by atoms with E-state index < -0.39 is 0 Å². The van der Waals surface area contributed by atoms with Crippen molar-refractivity contribution < 1.29 is 0 Å². The fourth-order valence-electron chi connectivity index (χ4n) is 1.28. The standard InChI is InChI=1S/C12H15Br2N/c1-3-4-9(2)15-8-10-5-6-11(13)12(14)7-10/h3,5-7,9,15H,1,4,8H2,2H3. The van der Waals surface area contributed by atoms with E-state index in [4.69, 9.17) is 0 Å². The summed E-state index contributed by atoms with van der Waals surface area (Å²) in [6.45, 7) is 6.78.